The lowest BCUT2D eigenvalue weighted by Crippen LogP contribution is -2.37. The van der Waals surface area contributed by atoms with Crippen molar-refractivity contribution in [3.8, 4) is 0 Å². The molecule has 1 aliphatic carbocycles. The quantitative estimate of drug-likeness (QED) is 0.870. The molecule has 2 unspecified atom stereocenters. The molecule has 0 bridgehead atoms. The molecule has 104 valence electrons. The molecule has 3 nitrogen and oxygen atoms in total. The van der Waals surface area contributed by atoms with Crippen LogP contribution in [0.3, 0.4) is 0 Å². The van der Waals surface area contributed by atoms with Crippen molar-refractivity contribution in [3.63, 3.8) is 0 Å². The standard InChI is InChI=1S/C15H20ClNO2/c1-9-4-3-5-10(2)14(9)17-11-6-7-13(16)12(8-11)15(18)19/h6-10,14,17H,3-5H2,1-2H3,(H,18,19). The average molecular weight is 282 g/mol. The third-order valence-electron chi connectivity index (χ3n) is 4.08. The number of halogens is 1. The first-order chi connectivity index (χ1) is 8.99. The van der Waals surface area contributed by atoms with Crippen LogP contribution in [0, 0.1) is 11.8 Å². The second kappa shape index (κ2) is 5.83. The van der Waals surface area contributed by atoms with Gasteiger partial charge in [0.1, 0.15) is 0 Å². The van der Waals surface area contributed by atoms with Gasteiger partial charge in [-0.25, -0.2) is 4.79 Å². The van der Waals surface area contributed by atoms with Crippen molar-refractivity contribution < 1.29 is 9.90 Å². The molecule has 2 N–H and O–H groups in total. The van der Waals surface area contributed by atoms with Crippen LogP contribution in [0.1, 0.15) is 43.5 Å². The molecular weight excluding hydrogens is 262 g/mol. The number of carbonyl (C=O) groups is 1. The number of benzene rings is 1. The highest BCUT2D eigenvalue weighted by Crippen LogP contribution is 2.32. The first-order valence-electron chi connectivity index (χ1n) is 6.78. The molecule has 0 aromatic heterocycles. The minimum atomic E-state index is -0.988. The summed E-state index contributed by atoms with van der Waals surface area (Å²) in [5.41, 5.74) is 0.996. The van der Waals surface area contributed by atoms with E-state index in [1.807, 2.05) is 6.07 Å². The van der Waals surface area contributed by atoms with Crippen LogP contribution in [-0.4, -0.2) is 17.1 Å². The van der Waals surface area contributed by atoms with E-state index >= 15 is 0 Å². The summed E-state index contributed by atoms with van der Waals surface area (Å²) in [5, 5.41) is 12.8. The lowest BCUT2D eigenvalue weighted by Gasteiger charge is -2.36. The van der Waals surface area contributed by atoms with Crippen molar-refractivity contribution >= 4 is 23.3 Å². The molecule has 1 aliphatic rings. The normalized spacial score (nSPS) is 27.0. The predicted octanol–water partition coefficient (Wildman–Crippen LogP) is 4.27. The Morgan fingerprint density at radius 3 is 2.53 bits per heavy atom. The van der Waals surface area contributed by atoms with Crippen molar-refractivity contribution in [2.75, 3.05) is 5.32 Å². The van der Waals surface area contributed by atoms with Gasteiger partial charge in [-0.3, -0.25) is 0 Å². The maximum atomic E-state index is 11.1. The van der Waals surface area contributed by atoms with Crippen LogP contribution in [0.4, 0.5) is 5.69 Å². The monoisotopic (exact) mass is 281 g/mol. The van der Waals surface area contributed by atoms with E-state index in [0.717, 1.165) is 5.69 Å². The van der Waals surface area contributed by atoms with E-state index in [2.05, 4.69) is 19.2 Å². The van der Waals surface area contributed by atoms with Gasteiger partial charge in [0.05, 0.1) is 10.6 Å². The Balaban J connectivity index is 2.18. The van der Waals surface area contributed by atoms with Crippen LogP contribution in [0.5, 0.6) is 0 Å². The van der Waals surface area contributed by atoms with E-state index in [0.29, 0.717) is 17.9 Å². The Morgan fingerprint density at radius 2 is 1.95 bits per heavy atom. The van der Waals surface area contributed by atoms with E-state index in [-0.39, 0.29) is 10.6 Å². The SMILES string of the molecule is CC1CCCC(C)C1Nc1ccc(Cl)c(C(=O)O)c1. The third-order valence-corrected chi connectivity index (χ3v) is 4.40. The second-order valence-electron chi connectivity index (χ2n) is 5.56. The van der Waals surface area contributed by atoms with Gasteiger partial charge in [0.25, 0.3) is 0 Å². The summed E-state index contributed by atoms with van der Waals surface area (Å²) < 4.78 is 0. The molecule has 1 aromatic carbocycles. The summed E-state index contributed by atoms with van der Waals surface area (Å²) >= 11 is 5.88. The first kappa shape index (κ1) is 14.2. The van der Waals surface area contributed by atoms with Crippen molar-refractivity contribution in [1.82, 2.24) is 0 Å². The first-order valence-corrected chi connectivity index (χ1v) is 7.16. The number of aromatic carboxylic acids is 1. The van der Waals surface area contributed by atoms with Crippen LogP contribution < -0.4 is 5.32 Å². The summed E-state index contributed by atoms with van der Waals surface area (Å²) in [4.78, 5) is 11.1. The largest absolute Gasteiger partial charge is 0.478 e. The van der Waals surface area contributed by atoms with Crippen LogP contribution in [0.2, 0.25) is 5.02 Å². The van der Waals surface area contributed by atoms with Crippen molar-refractivity contribution in [1.29, 1.82) is 0 Å². The molecule has 1 fully saturated rings. The fourth-order valence-electron chi connectivity index (χ4n) is 2.94. The topological polar surface area (TPSA) is 49.3 Å². The van der Waals surface area contributed by atoms with E-state index in [9.17, 15) is 4.79 Å². The maximum Gasteiger partial charge on any atom is 0.337 e. The van der Waals surface area contributed by atoms with Gasteiger partial charge in [0, 0.05) is 11.7 Å². The molecule has 4 heteroatoms. The Labute approximate surface area is 119 Å². The van der Waals surface area contributed by atoms with Crippen LogP contribution in [0.15, 0.2) is 18.2 Å². The summed E-state index contributed by atoms with van der Waals surface area (Å²) in [6.45, 7) is 4.50. The Morgan fingerprint density at radius 1 is 1.32 bits per heavy atom. The minimum absolute atomic E-state index is 0.155. The lowest BCUT2D eigenvalue weighted by atomic mass is 9.78. The Hall–Kier alpha value is -1.22. The van der Waals surface area contributed by atoms with Crippen molar-refractivity contribution in [3.05, 3.63) is 28.8 Å². The average Bonchev–Trinajstić information content (AvgIpc) is 2.35. The smallest absolute Gasteiger partial charge is 0.337 e. The Bertz CT molecular complexity index is 465. The highest BCUT2D eigenvalue weighted by Gasteiger charge is 2.27. The molecule has 0 heterocycles. The van der Waals surface area contributed by atoms with Gasteiger partial charge in [0.2, 0.25) is 0 Å². The zero-order valence-corrected chi connectivity index (χ0v) is 12.1. The van der Waals surface area contributed by atoms with Gasteiger partial charge in [-0.1, -0.05) is 31.9 Å². The van der Waals surface area contributed by atoms with Crippen molar-refractivity contribution in [2.45, 2.75) is 39.2 Å². The predicted molar refractivity (Wildman–Crippen MR) is 78.0 cm³/mol. The van der Waals surface area contributed by atoms with Gasteiger partial charge in [-0.05, 0) is 42.9 Å². The fourth-order valence-corrected chi connectivity index (χ4v) is 3.14. The van der Waals surface area contributed by atoms with E-state index in [1.54, 1.807) is 12.1 Å². The summed E-state index contributed by atoms with van der Waals surface area (Å²) in [6.07, 6.45) is 3.73. The summed E-state index contributed by atoms with van der Waals surface area (Å²) in [5.74, 6) is 0.221. The number of rotatable bonds is 3. The number of nitrogens with one attached hydrogen (secondary N) is 1. The molecular formula is C15H20ClNO2. The summed E-state index contributed by atoms with van der Waals surface area (Å²) in [7, 11) is 0. The highest BCUT2D eigenvalue weighted by molar-refractivity contribution is 6.33. The summed E-state index contributed by atoms with van der Waals surface area (Å²) in [6, 6.07) is 5.52. The van der Waals surface area contributed by atoms with Gasteiger partial charge >= 0.3 is 5.97 Å². The molecule has 0 amide bonds. The molecule has 0 aliphatic heterocycles. The number of hydrogen-bond acceptors (Lipinski definition) is 2. The molecule has 1 saturated carbocycles. The van der Waals surface area contributed by atoms with Crippen LogP contribution in [-0.2, 0) is 0 Å². The zero-order valence-electron chi connectivity index (χ0n) is 11.3. The molecule has 2 atom stereocenters. The van der Waals surface area contributed by atoms with Crippen LogP contribution >= 0.6 is 11.6 Å². The van der Waals surface area contributed by atoms with Gasteiger partial charge in [0.15, 0.2) is 0 Å². The zero-order chi connectivity index (χ0) is 14.0. The highest BCUT2D eigenvalue weighted by atomic mass is 35.5. The molecule has 0 saturated heterocycles. The Kier molecular flexibility index (Phi) is 4.35. The van der Waals surface area contributed by atoms with E-state index in [4.69, 9.17) is 16.7 Å². The van der Waals surface area contributed by atoms with Gasteiger partial charge in [-0.2, -0.15) is 0 Å². The number of carboxylic acid groups (broad SMARTS) is 1. The molecule has 0 spiro atoms. The van der Waals surface area contributed by atoms with E-state index in [1.165, 1.54) is 19.3 Å². The molecule has 19 heavy (non-hydrogen) atoms. The second-order valence-corrected chi connectivity index (χ2v) is 5.96. The molecule has 1 aromatic rings. The van der Waals surface area contributed by atoms with Crippen molar-refractivity contribution in [2.24, 2.45) is 11.8 Å². The van der Waals surface area contributed by atoms with E-state index < -0.39 is 5.97 Å². The lowest BCUT2D eigenvalue weighted by molar-refractivity contribution is 0.0697. The third kappa shape index (κ3) is 3.21. The molecule has 2 rings (SSSR count). The maximum absolute atomic E-state index is 11.1. The molecule has 0 radical (unpaired) electrons. The van der Waals surface area contributed by atoms with Gasteiger partial charge < -0.3 is 10.4 Å². The number of anilines is 1. The van der Waals surface area contributed by atoms with Crippen LogP contribution in [0.25, 0.3) is 0 Å². The van der Waals surface area contributed by atoms with Gasteiger partial charge in [-0.15, -0.1) is 0 Å². The number of hydrogen-bond donors (Lipinski definition) is 2. The number of carboxylic acids is 1. The fraction of sp³-hybridized carbons (Fsp3) is 0.533. The minimum Gasteiger partial charge on any atom is -0.478 e.